The number of rotatable bonds is 32. The van der Waals surface area contributed by atoms with Gasteiger partial charge in [0, 0.05) is 157 Å². The Hall–Kier alpha value is -0.441. The van der Waals surface area contributed by atoms with Crippen molar-refractivity contribution >= 4 is 65.7 Å². The Labute approximate surface area is 573 Å². The van der Waals surface area contributed by atoms with Crippen LogP contribution in [0.15, 0.2) is 0 Å². The molecule has 2 atom stereocenters. The van der Waals surface area contributed by atoms with Gasteiger partial charge in [-0.3, -0.25) is 68.2 Å². The Morgan fingerprint density at radius 1 is 0.384 bits per heavy atom. The molecule has 0 aromatic carbocycles. The molecule has 12 N–H and O–H groups in total. The first-order valence-electron chi connectivity index (χ1n) is 26.0. The maximum atomic E-state index is 11.4. The number of hydrogen-bond acceptors (Lipinski definition) is 30. The zero-order chi connectivity index (χ0) is 64.2. The van der Waals surface area contributed by atoms with Crippen LogP contribution in [0.25, 0.3) is 0 Å². The van der Waals surface area contributed by atoms with Crippen LogP contribution in [0.2, 0.25) is 0 Å². The van der Waals surface area contributed by atoms with E-state index in [1.165, 1.54) is 14.7 Å². The number of carbonyl (C=O) groups excluding carboxylic acids is 4. The number of β-amino-alcohol motifs (C(OH)–C–C–N with tert-alkyl or cyclic N) is 2. The number of carboxylic acid groups (broad SMARTS) is 8. The number of nitrogens with zero attached hydrogens (tertiary/aromatic N) is 10. The predicted molar refractivity (Wildman–Crippen MR) is 283 cm³/mol. The van der Waals surface area contributed by atoms with Gasteiger partial charge in [-0.2, -0.15) is 0 Å². The molecular weight excluding hydrogens is 1520 g/mol. The second-order valence-electron chi connectivity index (χ2n) is 19.9. The fourth-order valence-corrected chi connectivity index (χ4v) is 8.88. The van der Waals surface area contributed by atoms with Gasteiger partial charge in [-0.05, 0) is 0 Å². The van der Waals surface area contributed by atoms with Crippen molar-refractivity contribution in [2.24, 2.45) is 0 Å². The summed E-state index contributed by atoms with van der Waals surface area (Å²) in [5.74, 6) is 4.82. The average molecular weight is 1600 g/mol. The molecule has 1 radical (unpaired) electrons. The molecule has 0 saturated carbocycles. The van der Waals surface area contributed by atoms with E-state index in [4.69, 9.17) is 17.9 Å². The van der Waals surface area contributed by atoms with Crippen molar-refractivity contribution in [1.82, 2.24) is 49.0 Å². The van der Waals surface area contributed by atoms with Crippen LogP contribution in [0, 0.1) is 69.1 Å². The average Bonchev–Trinajstić information content (AvgIpc) is 3.58. The van der Waals surface area contributed by atoms with Crippen molar-refractivity contribution in [2.75, 3.05) is 223 Å². The molecule has 0 amide bonds. The minimum Gasteiger partial charge on any atom is 1.00 e. The van der Waals surface area contributed by atoms with Crippen LogP contribution in [0.5, 0.6) is 0 Å². The molecule has 0 spiro atoms. The number of carbonyl (C=O) groups is 8. The summed E-state index contributed by atoms with van der Waals surface area (Å²) < 4.78 is 0. The van der Waals surface area contributed by atoms with Gasteiger partial charge in [0.2, 0.25) is 0 Å². The van der Waals surface area contributed by atoms with Crippen LogP contribution >= 0.6 is 17.9 Å². The van der Waals surface area contributed by atoms with Crippen LogP contribution < -0.4 is 50.0 Å². The van der Waals surface area contributed by atoms with Gasteiger partial charge >= 0.3 is 140 Å². The van der Waals surface area contributed by atoms with Crippen LogP contribution in [-0.2, 0) is 38.4 Å². The van der Waals surface area contributed by atoms with E-state index in [0.717, 1.165) is 9.80 Å². The molecule has 40 heteroatoms. The van der Waals surface area contributed by atoms with Crippen LogP contribution in [0.3, 0.4) is 0 Å². The van der Waals surface area contributed by atoms with Gasteiger partial charge in [0.25, 0.3) is 0 Å². The Morgan fingerprint density at radius 3 is 0.756 bits per heavy atom. The first kappa shape index (κ1) is 89.8. The van der Waals surface area contributed by atoms with Gasteiger partial charge < -0.3 is 101 Å². The van der Waals surface area contributed by atoms with E-state index in [2.05, 4.69) is 0 Å². The number of aliphatic hydroxyl groups is 8. The van der Waals surface area contributed by atoms with E-state index >= 15 is 0 Å². The van der Waals surface area contributed by atoms with Gasteiger partial charge in [0.05, 0.1) is 113 Å². The monoisotopic (exact) mass is 1600 g/mol. The molecule has 34 nitrogen and oxygen atoms in total. The van der Waals surface area contributed by atoms with E-state index < -0.39 is 179 Å². The fourth-order valence-electron chi connectivity index (χ4n) is 8.88. The van der Waals surface area contributed by atoms with Crippen molar-refractivity contribution in [3.05, 3.63) is 0 Å². The number of halogens is 3. The van der Waals surface area contributed by atoms with Crippen LogP contribution in [0.1, 0.15) is 0 Å². The zero-order valence-corrected chi connectivity index (χ0v) is 56.6. The Kier molecular flexibility index (Phi) is 52.3. The van der Waals surface area contributed by atoms with Crippen molar-refractivity contribution in [1.29, 1.82) is 0 Å². The minimum atomic E-state index is -1.98. The standard InChI is InChI=1S/2C23H43N5O12.3ClH.2Gd.Na/c2*29-15-23(16-30,17-31)28(14-22(39)40)10-18(32)9-24-1-3-25(11-19(33)34)5-7-27(13-21(37)38)8-6-26(4-2-24)12-20(35)36;;;;;;/h2*18,29-32H,1-17H2,(H,33,34)(H,35,36)(H,37,38)(H,39,40);3*1H;;;/q;;;;;2*+3;+1/p-7. The molecule has 86 heavy (non-hydrogen) atoms. The summed E-state index contributed by atoms with van der Waals surface area (Å²) in [4.78, 5) is 105. The summed E-state index contributed by atoms with van der Waals surface area (Å²) in [7, 11) is 0. The van der Waals surface area contributed by atoms with E-state index in [1.54, 1.807) is 24.5 Å². The minimum absolute atomic E-state index is 0. The third-order valence-corrected chi connectivity index (χ3v) is 13.5. The molecule has 2 rings (SSSR count). The quantitative estimate of drug-likeness (QED) is 0.0278. The van der Waals surface area contributed by atoms with Crippen LogP contribution in [-0.4, -0.2) is 404 Å². The molecule has 2 fully saturated rings. The summed E-state index contributed by atoms with van der Waals surface area (Å²) in [6, 6.07) is 0. The van der Waals surface area contributed by atoms with E-state index in [1.807, 2.05) is 0 Å². The van der Waals surface area contributed by atoms with Crippen molar-refractivity contribution in [2.45, 2.75) is 23.3 Å². The van der Waals surface area contributed by atoms with Crippen LogP contribution in [0.4, 0.5) is 0 Å². The summed E-state index contributed by atoms with van der Waals surface area (Å²) in [6.07, 6.45) is -2.50. The van der Waals surface area contributed by atoms with Crippen molar-refractivity contribution in [3.63, 3.8) is 0 Å². The Bertz CT molecular complexity index is 1770. The van der Waals surface area contributed by atoms with E-state index in [-0.39, 0.29) is 213 Å². The third-order valence-electron chi connectivity index (χ3n) is 13.5. The van der Waals surface area contributed by atoms with Gasteiger partial charge in [-0.15, -0.1) is 0 Å². The number of aliphatic carboxylic acids is 8. The molecule has 0 bridgehead atoms. The SMILES string of the molecule is O=C(O)CN1CCN(CC(=O)O)CCN(CC(O)CN(CC(=O)O)C(CO)(CO)CO)CCN(CC(=O)O)CC1.O=C([O-])CN1CCN(CC(=O)[O-])CCN(CC(O)CN(CC(=O)[O-])C(CO)(CO)CO)CCN(CC(=O)[O-])CC1.[Cl][Gd]([Cl])[Cl].[Gd+3].[Na+]. The van der Waals surface area contributed by atoms with Crippen molar-refractivity contribution in [3.8, 4) is 0 Å². The summed E-state index contributed by atoms with van der Waals surface area (Å²) in [6.45, 7) is -6.20. The first-order chi connectivity index (χ1) is 39.4. The maximum absolute atomic E-state index is 11.4. The Morgan fingerprint density at radius 2 is 0.581 bits per heavy atom. The molecule has 498 valence electrons. The number of hydrogen-bond donors (Lipinski definition) is 12. The molecule has 0 aromatic heterocycles. The molecule has 2 heterocycles. The molecule has 2 aliphatic rings. The molecule has 0 aromatic rings. The third kappa shape index (κ3) is 41.2. The predicted octanol–water partition coefficient (Wildman–Crippen LogP) is -16.4. The molecule has 2 unspecified atom stereocenters. The van der Waals surface area contributed by atoms with Gasteiger partial charge in [0.15, 0.2) is 0 Å². The van der Waals surface area contributed by atoms with E-state index in [0.29, 0.717) is 0 Å². The second-order valence-corrected chi connectivity index (χ2v) is 29.9. The smallest absolute Gasteiger partial charge is 1.00 e. The maximum Gasteiger partial charge on any atom is 3.00 e. The van der Waals surface area contributed by atoms with Gasteiger partial charge in [-0.1, -0.05) is 0 Å². The topological polar surface area (TPSA) is 504 Å². The summed E-state index contributed by atoms with van der Waals surface area (Å²) in [5.41, 5.74) is -3.45. The first-order valence-corrected chi connectivity index (χ1v) is 34.6. The van der Waals surface area contributed by atoms with Gasteiger partial charge in [-0.25, -0.2) is 0 Å². The normalized spacial score (nSPS) is 17.8. The van der Waals surface area contributed by atoms with Gasteiger partial charge in [0.1, 0.15) is 0 Å². The summed E-state index contributed by atoms with van der Waals surface area (Å²) >= 11 is -1.98. The molecule has 2 saturated heterocycles. The second kappa shape index (κ2) is 50.1. The summed E-state index contributed by atoms with van der Waals surface area (Å²) in [5, 5.41) is 162. The molecular formula is C46H82Cl3Gd2N10NaO24. The molecule has 0 aliphatic carbocycles. The molecule has 2 aliphatic heterocycles. The Balaban J connectivity index is -0.00000147. The zero-order valence-electron chi connectivity index (χ0n) is 47.8. The largest absolute Gasteiger partial charge is 3.00 e. The van der Waals surface area contributed by atoms with E-state index in [9.17, 15) is 120 Å². The number of carboxylic acids is 8. The number of aliphatic hydroxyl groups excluding tert-OH is 8. The fraction of sp³-hybridized carbons (Fsp3) is 0.826. The van der Waals surface area contributed by atoms with Crippen molar-refractivity contribution < 1.29 is 219 Å².